The molecule has 3 aliphatic heterocycles. The number of hydrogen-bond acceptors (Lipinski definition) is 13. The van der Waals surface area contributed by atoms with Crippen molar-refractivity contribution in [2.45, 2.75) is 173 Å². The Hall–Kier alpha value is -3.27. The van der Waals surface area contributed by atoms with Crippen molar-refractivity contribution in [1.82, 2.24) is 4.90 Å². The van der Waals surface area contributed by atoms with Crippen LogP contribution in [0.2, 0.25) is 0 Å². The van der Waals surface area contributed by atoms with Gasteiger partial charge in [-0.3, -0.25) is 14.4 Å². The van der Waals surface area contributed by atoms with Crippen molar-refractivity contribution >= 4 is 29.4 Å². The van der Waals surface area contributed by atoms with Crippen LogP contribution in [0.25, 0.3) is 0 Å². The average Bonchev–Trinajstić information content (AvgIpc) is 3.48. The van der Waals surface area contributed by atoms with Crippen LogP contribution in [0.4, 0.5) is 0 Å². The smallest absolute Gasteiger partial charge is 0.332 e. The third-order valence-corrected chi connectivity index (χ3v) is 13.5. The number of piperidine rings is 1. The molecule has 3 fully saturated rings. The molecule has 4 aliphatic rings. The van der Waals surface area contributed by atoms with Crippen LogP contribution in [0, 0.1) is 29.6 Å². The van der Waals surface area contributed by atoms with Gasteiger partial charge >= 0.3 is 11.9 Å². The molecule has 0 aromatic heterocycles. The number of carbonyl (C=O) groups excluding carboxylic acids is 5. The fourth-order valence-corrected chi connectivity index (χ4v) is 9.89. The summed E-state index contributed by atoms with van der Waals surface area (Å²) in [5, 5.41) is 23.9. The lowest BCUT2D eigenvalue weighted by molar-refractivity contribution is -0.302. The molecule has 2 N–H and O–H groups in total. The molecule has 0 aromatic rings. The van der Waals surface area contributed by atoms with Gasteiger partial charge in [-0.15, -0.1) is 6.58 Å². The van der Waals surface area contributed by atoms with Crippen LogP contribution in [-0.4, -0.2) is 127 Å². The van der Waals surface area contributed by atoms with Crippen LogP contribution in [0.15, 0.2) is 36.0 Å². The molecule has 1 saturated carbocycles. The van der Waals surface area contributed by atoms with E-state index in [1.165, 1.54) is 19.1 Å². The maximum Gasteiger partial charge on any atom is 0.332 e. The van der Waals surface area contributed by atoms with E-state index in [0.29, 0.717) is 44.1 Å². The molecule has 0 unspecified atom stereocenters. The number of ether oxygens (including phenoxy) is 6. The molecule has 1 aliphatic carbocycles. The van der Waals surface area contributed by atoms with Crippen molar-refractivity contribution in [3.05, 3.63) is 36.0 Å². The van der Waals surface area contributed by atoms with Crippen molar-refractivity contribution in [2.24, 2.45) is 29.6 Å². The summed E-state index contributed by atoms with van der Waals surface area (Å²) in [7, 11) is 3.05. The SMILES string of the molecule is C=CC[C@@H]1/C=C(\C)C[C@H](C)C[C@H](OC)[C@H]2O[C@@](O)(C(=O)C(=O)N3CCCC[C@H]3C(=O)O[C@H](/C(C)=C/[C@H]3CCC[C@H](OCC(=O)OCC)CC3)[C@H](C)[C@@H](O)CC1=O)[C@H](C)C[C@@H]2OC. The van der Waals surface area contributed by atoms with Gasteiger partial charge in [-0.2, -0.15) is 0 Å². The summed E-state index contributed by atoms with van der Waals surface area (Å²) < 4.78 is 35.3. The standard InChI is InChI=1S/C48H75NO13/c1-10-15-35-23-29(3)22-30(4)24-40(57-8)44-41(58-9)26-32(6)48(56,62-44)45(53)46(54)49-21-13-12-18-37(49)47(55)61-43(33(7)38(50)27-39(35)51)31(5)25-34-16-14-17-36(20-19-34)60-28-42(52)59-11-2/h10,23,25,30,32-38,40-41,43-44,50,56H,1,11-22,24,26-28H2,2-9H3/b29-23+,31-25+/t30-,32+,33+,34-,35+,36-,37-,38-,40-,41-,43+,44+,48+/m0/s1. The van der Waals surface area contributed by atoms with E-state index in [1.54, 1.807) is 26.8 Å². The van der Waals surface area contributed by atoms with E-state index >= 15 is 0 Å². The summed E-state index contributed by atoms with van der Waals surface area (Å²) in [6, 6.07) is -1.14. The minimum absolute atomic E-state index is 0.00513. The minimum atomic E-state index is -2.52. The number of fused-ring (bicyclic) bond motifs is 3. The fraction of sp³-hybridized carbons (Fsp3) is 0.771. The van der Waals surface area contributed by atoms with Gasteiger partial charge in [0.1, 0.15) is 30.6 Å². The molecular weight excluding hydrogens is 799 g/mol. The van der Waals surface area contributed by atoms with Gasteiger partial charge in [0.2, 0.25) is 5.79 Å². The molecule has 13 atom stereocenters. The van der Waals surface area contributed by atoms with E-state index in [-0.39, 0.29) is 62.7 Å². The number of carbonyl (C=O) groups is 5. The highest BCUT2D eigenvalue weighted by atomic mass is 16.7. The number of allylic oxidation sites excluding steroid dienone is 4. The van der Waals surface area contributed by atoms with Crippen molar-refractivity contribution < 1.29 is 62.6 Å². The maximum atomic E-state index is 14.4. The Labute approximate surface area is 369 Å². The summed E-state index contributed by atoms with van der Waals surface area (Å²) in [5.41, 5.74) is 1.65. The number of amides is 1. The first-order valence-corrected chi connectivity index (χ1v) is 22.9. The highest BCUT2D eigenvalue weighted by Gasteiger charge is 2.56. The van der Waals surface area contributed by atoms with Gasteiger partial charge in [-0.05, 0) is 109 Å². The number of hydrogen-bond donors (Lipinski definition) is 2. The zero-order valence-corrected chi connectivity index (χ0v) is 38.5. The summed E-state index contributed by atoms with van der Waals surface area (Å²) in [6.07, 6.45) is 8.01. The molecular formula is C48H75NO13. The van der Waals surface area contributed by atoms with Crippen molar-refractivity contribution in [2.75, 3.05) is 34.0 Å². The number of Topliss-reactive ketones (excluding diaryl/α,β-unsaturated/α-hetero) is 2. The third kappa shape index (κ3) is 13.4. The quantitative estimate of drug-likeness (QED) is 0.113. The Morgan fingerprint density at radius 2 is 1.69 bits per heavy atom. The van der Waals surface area contributed by atoms with Gasteiger partial charge in [-0.25, -0.2) is 9.59 Å². The molecule has 350 valence electrons. The lowest BCUT2D eigenvalue weighted by Gasteiger charge is -2.47. The number of ketones is 2. The molecule has 14 nitrogen and oxygen atoms in total. The molecule has 4 rings (SSSR count). The molecule has 1 amide bonds. The zero-order valence-electron chi connectivity index (χ0n) is 38.5. The zero-order chi connectivity index (χ0) is 45.7. The summed E-state index contributed by atoms with van der Waals surface area (Å²) in [4.78, 5) is 70.2. The number of aliphatic hydroxyl groups excluding tert-OH is 1. The number of rotatable bonds is 10. The van der Waals surface area contributed by atoms with Gasteiger partial charge in [-0.1, -0.05) is 51.0 Å². The fourth-order valence-electron chi connectivity index (χ4n) is 9.89. The van der Waals surface area contributed by atoms with Gasteiger partial charge in [0, 0.05) is 44.9 Å². The van der Waals surface area contributed by atoms with Crippen LogP contribution in [0.3, 0.4) is 0 Å². The number of methoxy groups -OCH3 is 2. The summed E-state index contributed by atoms with van der Waals surface area (Å²) in [5.74, 6) is -8.07. The Morgan fingerprint density at radius 3 is 2.37 bits per heavy atom. The normalized spacial score (nSPS) is 37.5. The topological polar surface area (TPSA) is 184 Å². The second-order valence-electron chi connectivity index (χ2n) is 18.4. The van der Waals surface area contributed by atoms with E-state index in [2.05, 4.69) is 12.7 Å². The van der Waals surface area contributed by atoms with E-state index in [9.17, 15) is 34.2 Å². The highest BCUT2D eigenvalue weighted by molar-refractivity contribution is 6.39. The average molecular weight is 874 g/mol. The van der Waals surface area contributed by atoms with Crippen LogP contribution in [0.5, 0.6) is 0 Å². The number of aliphatic hydroxyl groups is 2. The van der Waals surface area contributed by atoms with Crippen molar-refractivity contribution in [3.63, 3.8) is 0 Å². The molecule has 0 aromatic carbocycles. The van der Waals surface area contributed by atoms with Crippen LogP contribution >= 0.6 is 0 Å². The lowest BCUT2D eigenvalue weighted by atomic mass is 9.82. The van der Waals surface area contributed by atoms with Crippen molar-refractivity contribution in [1.29, 1.82) is 0 Å². The van der Waals surface area contributed by atoms with Gasteiger partial charge < -0.3 is 43.5 Å². The Balaban J connectivity index is 1.72. The maximum absolute atomic E-state index is 14.4. The lowest BCUT2D eigenvalue weighted by Crippen LogP contribution is -2.64. The molecule has 2 bridgehead atoms. The van der Waals surface area contributed by atoms with Crippen LogP contribution in [0.1, 0.15) is 125 Å². The summed E-state index contributed by atoms with van der Waals surface area (Å²) >= 11 is 0. The Kier molecular flexibility index (Phi) is 20.0. The first-order valence-electron chi connectivity index (χ1n) is 22.9. The molecule has 2 saturated heterocycles. The predicted octanol–water partition coefficient (Wildman–Crippen LogP) is 5.99. The largest absolute Gasteiger partial charge is 0.464 e. The van der Waals surface area contributed by atoms with E-state index in [0.717, 1.165) is 31.3 Å². The van der Waals surface area contributed by atoms with Crippen LogP contribution in [-0.2, 0) is 52.4 Å². The summed E-state index contributed by atoms with van der Waals surface area (Å²) in [6.45, 7) is 15.1. The molecule has 62 heavy (non-hydrogen) atoms. The minimum Gasteiger partial charge on any atom is -0.464 e. The number of nitrogens with zero attached hydrogens (tertiary/aromatic N) is 1. The van der Waals surface area contributed by atoms with Gasteiger partial charge in [0.15, 0.2) is 0 Å². The van der Waals surface area contributed by atoms with Crippen molar-refractivity contribution in [3.8, 4) is 0 Å². The van der Waals surface area contributed by atoms with E-state index in [4.69, 9.17) is 28.4 Å². The highest BCUT2D eigenvalue weighted by Crippen LogP contribution is 2.39. The predicted molar refractivity (Wildman–Crippen MR) is 231 cm³/mol. The molecule has 0 radical (unpaired) electrons. The van der Waals surface area contributed by atoms with E-state index < -0.39 is 83.7 Å². The second kappa shape index (κ2) is 24.1. The van der Waals surface area contributed by atoms with Gasteiger partial charge in [0.25, 0.3) is 11.7 Å². The number of esters is 2. The van der Waals surface area contributed by atoms with E-state index in [1.807, 2.05) is 26.8 Å². The molecule has 3 heterocycles. The third-order valence-electron chi connectivity index (χ3n) is 13.5. The second-order valence-corrected chi connectivity index (χ2v) is 18.4. The molecule has 14 heteroatoms. The van der Waals surface area contributed by atoms with Gasteiger partial charge in [0.05, 0.1) is 31.0 Å². The first-order chi connectivity index (χ1) is 29.5. The Bertz CT molecular complexity index is 1610. The first kappa shape index (κ1) is 51.4. The Morgan fingerprint density at radius 1 is 0.984 bits per heavy atom. The number of cyclic esters (lactones) is 1. The molecule has 0 spiro atoms. The monoisotopic (exact) mass is 874 g/mol. The van der Waals surface area contributed by atoms with Crippen LogP contribution < -0.4 is 0 Å².